The van der Waals surface area contributed by atoms with E-state index >= 15 is 0 Å². The molecule has 0 radical (unpaired) electrons. The van der Waals surface area contributed by atoms with Gasteiger partial charge in [-0.3, -0.25) is 0 Å². The van der Waals surface area contributed by atoms with Crippen LogP contribution >= 0.6 is 0 Å². The predicted molar refractivity (Wildman–Crippen MR) is 85.7 cm³/mol. The zero-order chi connectivity index (χ0) is 13.7. The first kappa shape index (κ1) is 14.1. The SMILES string of the molecule is CCc1c(CCCCC(C)C)ccc2ccccc12. The van der Waals surface area contributed by atoms with Crippen molar-refractivity contribution in [2.24, 2.45) is 5.92 Å². The minimum Gasteiger partial charge on any atom is -0.0628 e. The van der Waals surface area contributed by atoms with Crippen LogP contribution in [0, 0.1) is 5.92 Å². The Balaban J connectivity index is 2.14. The summed E-state index contributed by atoms with van der Waals surface area (Å²) in [5.41, 5.74) is 3.12. The molecule has 0 aliphatic rings. The molecule has 2 aromatic carbocycles. The van der Waals surface area contributed by atoms with Gasteiger partial charge in [-0.15, -0.1) is 0 Å². The van der Waals surface area contributed by atoms with Gasteiger partial charge in [0.05, 0.1) is 0 Å². The second kappa shape index (κ2) is 6.75. The first-order valence-electron chi connectivity index (χ1n) is 7.72. The normalized spacial score (nSPS) is 11.4. The lowest BCUT2D eigenvalue weighted by Crippen LogP contribution is -1.96. The second-order valence-corrected chi connectivity index (χ2v) is 5.92. The van der Waals surface area contributed by atoms with Gasteiger partial charge in [-0.1, -0.05) is 70.0 Å². The van der Waals surface area contributed by atoms with Gasteiger partial charge in [0.15, 0.2) is 0 Å². The van der Waals surface area contributed by atoms with Gasteiger partial charge in [0.25, 0.3) is 0 Å². The minimum absolute atomic E-state index is 0.835. The molecule has 0 aliphatic heterocycles. The molecule has 0 unspecified atom stereocenters. The molecular formula is C19H26. The first-order valence-corrected chi connectivity index (χ1v) is 7.72. The number of hydrogen-bond acceptors (Lipinski definition) is 0. The summed E-state index contributed by atoms with van der Waals surface area (Å²) in [6, 6.07) is 13.4. The lowest BCUT2D eigenvalue weighted by molar-refractivity contribution is 0.537. The fourth-order valence-electron chi connectivity index (χ4n) is 2.90. The Labute approximate surface area is 117 Å². The number of benzene rings is 2. The van der Waals surface area contributed by atoms with Gasteiger partial charge in [0.2, 0.25) is 0 Å². The lowest BCUT2D eigenvalue weighted by atomic mass is 9.93. The van der Waals surface area contributed by atoms with Crippen molar-refractivity contribution in [2.75, 3.05) is 0 Å². The van der Waals surface area contributed by atoms with Crippen LogP contribution in [0.5, 0.6) is 0 Å². The van der Waals surface area contributed by atoms with Crippen LogP contribution in [-0.4, -0.2) is 0 Å². The third-order valence-electron chi connectivity index (χ3n) is 3.97. The maximum atomic E-state index is 2.34. The van der Waals surface area contributed by atoms with Gasteiger partial charge < -0.3 is 0 Å². The van der Waals surface area contributed by atoms with E-state index in [1.165, 1.54) is 36.5 Å². The summed E-state index contributed by atoms with van der Waals surface area (Å²) in [7, 11) is 0. The van der Waals surface area contributed by atoms with Crippen molar-refractivity contribution >= 4 is 10.8 Å². The Morgan fingerprint density at radius 1 is 0.947 bits per heavy atom. The summed E-state index contributed by atoms with van der Waals surface area (Å²) in [6.45, 7) is 6.90. The Hall–Kier alpha value is -1.30. The van der Waals surface area contributed by atoms with Crippen LogP contribution in [0.25, 0.3) is 10.8 Å². The summed E-state index contributed by atoms with van der Waals surface area (Å²) in [5.74, 6) is 0.835. The molecule has 0 heterocycles. The molecule has 0 atom stereocenters. The highest BCUT2D eigenvalue weighted by Crippen LogP contribution is 2.24. The fraction of sp³-hybridized carbons (Fsp3) is 0.474. The van der Waals surface area contributed by atoms with Crippen LogP contribution in [0.15, 0.2) is 36.4 Å². The van der Waals surface area contributed by atoms with Crippen LogP contribution in [0.2, 0.25) is 0 Å². The van der Waals surface area contributed by atoms with E-state index < -0.39 is 0 Å². The van der Waals surface area contributed by atoms with Gasteiger partial charge in [-0.25, -0.2) is 0 Å². The quantitative estimate of drug-likeness (QED) is 0.574. The average molecular weight is 254 g/mol. The maximum absolute atomic E-state index is 2.34. The molecule has 0 aromatic heterocycles. The standard InChI is InChI=1S/C19H26/c1-4-18-16(10-6-5-9-15(2)3)13-14-17-11-7-8-12-19(17)18/h7-8,11-15H,4-6,9-10H2,1-3H3. The van der Waals surface area contributed by atoms with Crippen molar-refractivity contribution in [2.45, 2.75) is 52.9 Å². The highest BCUT2D eigenvalue weighted by molar-refractivity contribution is 5.86. The topological polar surface area (TPSA) is 0 Å². The Kier molecular flexibility index (Phi) is 5.01. The van der Waals surface area contributed by atoms with Crippen molar-refractivity contribution in [3.8, 4) is 0 Å². The molecule has 0 aliphatic carbocycles. The molecule has 0 heteroatoms. The molecule has 0 nitrogen and oxygen atoms in total. The zero-order valence-corrected chi connectivity index (χ0v) is 12.6. The Morgan fingerprint density at radius 3 is 2.47 bits per heavy atom. The van der Waals surface area contributed by atoms with Crippen LogP contribution in [0.4, 0.5) is 0 Å². The minimum atomic E-state index is 0.835. The largest absolute Gasteiger partial charge is 0.0628 e. The Bertz CT molecular complexity index is 523. The van der Waals surface area contributed by atoms with Crippen molar-refractivity contribution in [3.05, 3.63) is 47.5 Å². The number of unbranched alkanes of at least 4 members (excludes halogenated alkanes) is 1. The average Bonchev–Trinajstić information content (AvgIpc) is 2.42. The Morgan fingerprint density at radius 2 is 1.74 bits per heavy atom. The van der Waals surface area contributed by atoms with Gasteiger partial charge in [-0.2, -0.15) is 0 Å². The number of rotatable bonds is 6. The molecule has 19 heavy (non-hydrogen) atoms. The summed E-state index contributed by atoms with van der Waals surface area (Å²) in [6.07, 6.45) is 6.41. The van der Waals surface area contributed by atoms with Crippen LogP contribution in [0.3, 0.4) is 0 Å². The van der Waals surface area contributed by atoms with E-state index in [0.29, 0.717) is 0 Å². The van der Waals surface area contributed by atoms with E-state index in [2.05, 4.69) is 57.2 Å². The number of fused-ring (bicyclic) bond motifs is 1. The number of aryl methyl sites for hydroxylation is 2. The second-order valence-electron chi connectivity index (χ2n) is 5.92. The molecular weight excluding hydrogens is 228 g/mol. The monoisotopic (exact) mass is 254 g/mol. The van der Waals surface area contributed by atoms with E-state index in [1.807, 2.05) is 0 Å². The van der Waals surface area contributed by atoms with Crippen LogP contribution < -0.4 is 0 Å². The molecule has 102 valence electrons. The molecule has 0 saturated carbocycles. The van der Waals surface area contributed by atoms with Crippen LogP contribution in [0.1, 0.15) is 51.2 Å². The highest BCUT2D eigenvalue weighted by Gasteiger charge is 2.05. The van der Waals surface area contributed by atoms with Crippen molar-refractivity contribution in [3.63, 3.8) is 0 Å². The molecule has 2 aromatic rings. The van der Waals surface area contributed by atoms with E-state index in [4.69, 9.17) is 0 Å². The van der Waals surface area contributed by atoms with Gasteiger partial charge in [-0.05, 0) is 47.1 Å². The zero-order valence-electron chi connectivity index (χ0n) is 12.6. The molecule has 0 saturated heterocycles. The van der Waals surface area contributed by atoms with E-state index in [0.717, 1.165) is 12.3 Å². The predicted octanol–water partition coefficient (Wildman–Crippen LogP) is 5.77. The molecule has 0 spiro atoms. The summed E-state index contributed by atoms with van der Waals surface area (Å²) in [4.78, 5) is 0. The third kappa shape index (κ3) is 3.59. The first-order chi connectivity index (χ1) is 9.22. The summed E-state index contributed by atoms with van der Waals surface area (Å²) < 4.78 is 0. The van der Waals surface area contributed by atoms with Crippen LogP contribution in [-0.2, 0) is 12.8 Å². The van der Waals surface area contributed by atoms with E-state index in [1.54, 1.807) is 11.1 Å². The van der Waals surface area contributed by atoms with Crippen molar-refractivity contribution in [1.29, 1.82) is 0 Å². The smallest absolute Gasteiger partial charge is 0.0149 e. The molecule has 2 rings (SSSR count). The fourth-order valence-corrected chi connectivity index (χ4v) is 2.90. The lowest BCUT2D eigenvalue weighted by Gasteiger charge is -2.12. The summed E-state index contributed by atoms with van der Waals surface area (Å²) >= 11 is 0. The van der Waals surface area contributed by atoms with Crippen molar-refractivity contribution in [1.82, 2.24) is 0 Å². The maximum Gasteiger partial charge on any atom is -0.0149 e. The number of hydrogen-bond donors (Lipinski definition) is 0. The third-order valence-corrected chi connectivity index (χ3v) is 3.97. The van der Waals surface area contributed by atoms with Gasteiger partial charge in [0, 0.05) is 0 Å². The molecule has 0 N–H and O–H groups in total. The van der Waals surface area contributed by atoms with E-state index in [-0.39, 0.29) is 0 Å². The summed E-state index contributed by atoms with van der Waals surface area (Å²) in [5, 5.41) is 2.83. The van der Waals surface area contributed by atoms with Gasteiger partial charge >= 0.3 is 0 Å². The molecule has 0 amide bonds. The highest BCUT2D eigenvalue weighted by atomic mass is 14.1. The van der Waals surface area contributed by atoms with E-state index in [9.17, 15) is 0 Å². The molecule has 0 bridgehead atoms. The van der Waals surface area contributed by atoms with Crippen molar-refractivity contribution < 1.29 is 0 Å². The van der Waals surface area contributed by atoms with Gasteiger partial charge in [0.1, 0.15) is 0 Å². The molecule has 0 fully saturated rings.